The molecule has 0 saturated carbocycles. The van der Waals surface area contributed by atoms with Crippen LogP contribution in [-0.2, 0) is 0 Å². The Morgan fingerprint density at radius 3 is 2.88 bits per heavy atom. The van der Waals surface area contributed by atoms with Crippen molar-refractivity contribution in [1.29, 1.82) is 0 Å². The highest BCUT2D eigenvalue weighted by Crippen LogP contribution is 2.05. The summed E-state index contributed by atoms with van der Waals surface area (Å²) in [4.78, 5) is 15.9. The highest BCUT2D eigenvalue weighted by Gasteiger charge is 2.18. The maximum Gasteiger partial charge on any atom is 0.270 e. The van der Waals surface area contributed by atoms with Crippen LogP contribution in [-0.4, -0.2) is 30.0 Å². The van der Waals surface area contributed by atoms with Gasteiger partial charge in [-0.1, -0.05) is 6.07 Å². The van der Waals surface area contributed by atoms with Crippen molar-refractivity contribution < 1.29 is 4.79 Å². The maximum absolute atomic E-state index is 11.8. The summed E-state index contributed by atoms with van der Waals surface area (Å²) < 4.78 is 0. The molecule has 2 rings (SSSR count). The molecule has 1 atom stereocenters. The van der Waals surface area contributed by atoms with E-state index in [1.54, 1.807) is 6.20 Å². The molecule has 2 N–H and O–H groups in total. The number of pyridine rings is 1. The zero-order chi connectivity index (χ0) is 10.7. The molecule has 1 amide bonds. The van der Waals surface area contributed by atoms with E-state index in [1.165, 1.54) is 0 Å². The van der Waals surface area contributed by atoms with Gasteiger partial charge in [0.05, 0.1) is 0 Å². The molecule has 1 aliphatic rings. The van der Waals surface area contributed by atoms with Crippen molar-refractivity contribution in [2.75, 3.05) is 13.1 Å². The van der Waals surface area contributed by atoms with Crippen molar-refractivity contribution in [3.8, 4) is 0 Å². The zero-order valence-electron chi connectivity index (χ0n) is 9.60. The van der Waals surface area contributed by atoms with Gasteiger partial charge in [0.25, 0.3) is 5.91 Å². The van der Waals surface area contributed by atoms with E-state index in [9.17, 15) is 4.79 Å². The predicted molar refractivity (Wildman–Crippen MR) is 72.2 cm³/mol. The van der Waals surface area contributed by atoms with Crippen LogP contribution in [0.5, 0.6) is 0 Å². The summed E-state index contributed by atoms with van der Waals surface area (Å²) in [6.07, 6.45) is 2.65. The molecular weight excluding hydrogens is 261 g/mol. The van der Waals surface area contributed by atoms with Crippen molar-refractivity contribution in [3.63, 3.8) is 0 Å². The van der Waals surface area contributed by atoms with E-state index in [2.05, 4.69) is 15.6 Å². The summed E-state index contributed by atoms with van der Waals surface area (Å²) in [7, 11) is 0. The molecule has 17 heavy (non-hydrogen) atoms. The molecule has 0 radical (unpaired) electrons. The van der Waals surface area contributed by atoms with E-state index in [0.29, 0.717) is 5.69 Å². The van der Waals surface area contributed by atoms with Gasteiger partial charge in [-0.15, -0.1) is 24.8 Å². The number of amides is 1. The Morgan fingerprint density at radius 2 is 2.29 bits per heavy atom. The van der Waals surface area contributed by atoms with Gasteiger partial charge in [-0.25, -0.2) is 0 Å². The third kappa shape index (κ3) is 4.15. The molecule has 2 heterocycles. The van der Waals surface area contributed by atoms with Crippen LogP contribution in [0.1, 0.15) is 22.5 Å². The van der Waals surface area contributed by atoms with Crippen molar-refractivity contribution in [3.05, 3.63) is 29.6 Å². The molecule has 1 aromatic heterocycles. The average molecular weight is 278 g/mol. The number of carbonyl (C=O) groups excluding carboxylic acids is 1. The van der Waals surface area contributed by atoms with Gasteiger partial charge in [0.2, 0.25) is 0 Å². The van der Waals surface area contributed by atoms with Crippen LogP contribution in [0.15, 0.2) is 18.3 Å². The monoisotopic (exact) mass is 277 g/mol. The Hall–Kier alpha value is -0.840. The minimum absolute atomic E-state index is 0. The Morgan fingerprint density at radius 1 is 1.53 bits per heavy atom. The first-order valence-corrected chi connectivity index (χ1v) is 5.20. The molecule has 0 spiro atoms. The third-order valence-electron chi connectivity index (χ3n) is 2.62. The fraction of sp³-hybridized carbons (Fsp3) is 0.455. The molecule has 0 bridgehead atoms. The predicted octanol–water partition coefficient (Wildman–Crippen LogP) is 1.33. The zero-order valence-corrected chi connectivity index (χ0v) is 11.2. The summed E-state index contributed by atoms with van der Waals surface area (Å²) >= 11 is 0. The van der Waals surface area contributed by atoms with Gasteiger partial charge in [0.1, 0.15) is 5.69 Å². The first-order valence-electron chi connectivity index (χ1n) is 5.20. The second-order valence-corrected chi connectivity index (χ2v) is 3.83. The number of nitrogens with one attached hydrogen (secondary N) is 2. The molecular formula is C11H17Cl2N3O. The van der Waals surface area contributed by atoms with E-state index >= 15 is 0 Å². The van der Waals surface area contributed by atoms with Gasteiger partial charge in [-0.2, -0.15) is 0 Å². The smallest absolute Gasteiger partial charge is 0.270 e. The normalized spacial score (nSPS) is 17.8. The van der Waals surface area contributed by atoms with E-state index in [4.69, 9.17) is 0 Å². The maximum atomic E-state index is 11.8. The second kappa shape index (κ2) is 7.48. The lowest BCUT2D eigenvalue weighted by molar-refractivity contribution is 0.0934. The number of aryl methyl sites for hydroxylation is 1. The number of rotatable bonds is 2. The van der Waals surface area contributed by atoms with Gasteiger partial charge in [-0.05, 0) is 31.5 Å². The number of halogens is 2. The lowest BCUT2D eigenvalue weighted by atomic mass is 10.2. The fourth-order valence-corrected chi connectivity index (χ4v) is 1.75. The summed E-state index contributed by atoms with van der Waals surface area (Å²) in [5.41, 5.74) is 1.45. The number of carbonyl (C=O) groups is 1. The molecule has 4 nitrogen and oxygen atoms in total. The number of nitrogens with zero attached hydrogens (tertiary/aromatic N) is 1. The SMILES string of the molecule is Cc1cccnc1C(=O)NC1CCNC1.Cl.Cl. The van der Waals surface area contributed by atoms with E-state index < -0.39 is 0 Å². The topological polar surface area (TPSA) is 54.0 Å². The first kappa shape index (κ1) is 16.2. The standard InChI is InChI=1S/C11H15N3O.2ClH/c1-8-3-2-5-13-10(8)11(15)14-9-4-6-12-7-9;;/h2-3,5,9,12H,4,6-7H2,1H3,(H,14,15);2*1H. The number of hydrogen-bond acceptors (Lipinski definition) is 3. The fourth-order valence-electron chi connectivity index (χ4n) is 1.75. The van der Waals surface area contributed by atoms with E-state index in [0.717, 1.165) is 25.1 Å². The first-order chi connectivity index (χ1) is 7.27. The van der Waals surface area contributed by atoms with Crippen LogP contribution in [0.3, 0.4) is 0 Å². The minimum Gasteiger partial charge on any atom is -0.347 e. The van der Waals surface area contributed by atoms with Crippen LogP contribution in [0, 0.1) is 6.92 Å². The largest absolute Gasteiger partial charge is 0.347 e. The highest BCUT2D eigenvalue weighted by molar-refractivity contribution is 5.93. The van der Waals surface area contributed by atoms with Crippen LogP contribution in [0.4, 0.5) is 0 Å². The molecule has 0 aliphatic carbocycles. The van der Waals surface area contributed by atoms with Gasteiger partial charge < -0.3 is 10.6 Å². The summed E-state index contributed by atoms with van der Waals surface area (Å²) in [6.45, 7) is 3.73. The summed E-state index contributed by atoms with van der Waals surface area (Å²) in [5.74, 6) is -0.0678. The van der Waals surface area contributed by atoms with Crippen LogP contribution in [0.2, 0.25) is 0 Å². The lowest BCUT2D eigenvalue weighted by Crippen LogP contribution is -2.36. The highest BCUT2D eigenvalue weighted by atomic mass is 35.5. The van der Waals surface area contributed by atoms with E-state index in [-0.39, 0.29) is 36.8 Å². The summed E-state index contributed by atoms with van der Waals surface area (Å²) in [5, 5.41) is 6.18. The quantitative estimate of drug-likeness (QED) is 0.858. The Labute approximate surface area is 113 Å². The Kier molecular flexibility index (Phi) is 7.11. The Bertz CT molecular complexity index is 367. The van der Waals surface area contributed by atoms with Crippen molar-refractivity contribution in [2.45, 2.75) is 19.4 Å². The van der Waals surface area contributed by atoms with Crippen LogP contribution >= 0.6 is 24.8 Å². The molecule has 0 aromatic carbocycles. The van der Waals surface area contributed by atoms with E-state index in [1.807, 2.05) is 19.1 Å². The second-order valence-electron chi connectivity index (χ2n) is 3.83. The third-order valence-corrected chi connectivity index (χ3v) is 2.62. The molecule has 1 unspecified atom stereocenters. The number of aromatic nitrogens is 1. The average Bonchev–Trinajstić information content (AvgIpc) is 2.71. The molecule has 1 saturated heterocycles. The van der Waals surface area contributed by atoms with Gasteiger partial charge in [-0.3, -0.25) is 9.78 Å². The van der Waals surface area contributed by atoms with Crippen molar-refractivity contribution in [2.24, 2.45) is 0 Å². The lowest BCUT2D eigenvalue weighted by Gasteiger charge is -2.11. The van der Waals surface area contributed by atoms with Gasteiger partial charge in [0.15, 0.2) is 0 Å². The Balaban J connectivity index is 0.00000128. The minimum atomic E-state index is -0.0678. The van der Waals surface area contributed by atoms with Crippen LogP contribution < -0.4 is 10.6 Å². The van der Waals surface area contributed by atoms with Gasteiger partial charge in [0, 0.05) is 18.8 Å². The van der Waals surface area contributed by atoms with Crippen molar-refractivity contribution >= 4 is 30.7 Å². The summed E-state index contributed by atoms with van der Waals surface area (Å²) in [6, 6.07) is 3.98. The molecule has 6 heteroatoms. The molecule has 1 fully saturated rings. The van der Waals surface area contributed by atoms with Gasteiger partial charge >= 0.3 is 0 Å². The van der Waals surface area contributed by atoms with Crippen molar-refractivity contribution in [1.82, 2.24) is 15.6 Å². The molecule has 96 valence electrons. The molecule has 1 aromatic rings. The molecule has 1 aliphatic heterocycles. The number of hydrogen-bond donors (Lipinski definition) is 2. The van der Waals surface area contributed by atoms with Crippen LogP contribution in [0.25, 0.3) is 0 Å².